The van der Waals surface area contributed by atoms with E-state index in [9.17, 15) is 19.1 Å². The first-order valence-electron chi connectivity index (χ1n) is 11.7. The van der Waals surface area contributed by atoms with Crippen LogP contribution in [0.25, 0.3) is 11.4 Å². The lowest BCUT2D eigenvalue weighted by Gasteiger charge is -2.28. The SMILES string of the molecule is CCN(CC)CCN1C(=O)C(=O)C(=C(O)c2cnn(-c3ccccc3)c2C)C1c1cccc(F)c1. The summed E-state index contributed by atoms with van der Waals surface area (Å²) in [6, 6.07) is 14.3. The molecule has 182 valence electrons. The fourth-order valence-electron chi connectivity index (χ4n) is 4.54. The molecule has 0 spiro atoms. The molecule has 0 aliphatic carbocycles. The van der Waals surface area contributed by atoms with Crippen molar-refractivity contribution in [2.45, 2.75) is 26.8 Å². The van der Waals surface area contributed by atoms with Gasteiger partial charge in [0.15, 0.2) is 0 Å². The molecule has 1 amide bonds. The van der Waals surface area contributed by atoms with Gasteiger partial charge in [-0.1, -0.05) is 44.2 Å². The number of hydrogen-bond acceptors (Lipinski definition) is 5. The molecule has 1 unspecified atom stereocenters. The van der Waals surface area contributed by atoms with E-state index < -0.39 is 23.5 Å². The summed E-state index contributed by atoms with van der Waals surface area (Å²) in [7, 11) is 0. The van der Waals surface area contributed by atoms with Crippen LogP contribution in [0.3, 0.4) is 0 Å². The van der Waals surface area contributed by atoms with E-state index in [0.717, 1.165) is 18.8 Å². The molecule has 0 radical (unpaired) electrons. The molecule has 1 aromatic heterocycles. The molecular weight excluding hydrogens is 447 g/mol. The Morgan fingerprint density at radius 1 is 1.09 bits per heavy atom. The van der Waals surface area contributed by atoms with Crippen molar-refractivity contribution < 1.29 is 19.1 Å². The lowest BCUT2D eigenvalue weighted by Crippen LogP contribution is -2.38. The molecule has 3 aromatic rings. The number of Topliss-reactive ketones (excluding diaryl/α,β-unsaturated/α-hetero) is 1. The third-order valence-electron chi connectivity index (χ3n) is 6.52. The summed E-state index contributed by atoms with van der Waals surface area (Å²) in [5.41, 5.74) is 2.12. The smallest absolute Gasteiger partial charge is 0.295 e. The summed E-state index contributed by atoms with van der Waals surface area (Å²) >= 11 is 0. The minimum absolute atomic E-state index is 0.0594. The van der Waals surface area contributed by atoms with Crippen molar-refractivity contribution in [3.63, 3.8) is 0 Å². The topological polar surface area (TPSA) is 78.7 Å². The third kappa shape index (κ3) is 4.61. The van der Waals surface area contributed by atoms with Crippen molar-refractivity contribution in [2.24, 2.45) is 0 Å². The van der Waals surface area contributed by atoms with Gasteiger partial charge in [0.25, 0.3) is 11.7 Å². The van der Waals surface area contributed by atoms with Crippen molar-refractivity contribution in [2.75, 3.05) is 26.2 Å². The van der Waals surface area contributed by atoms with Crippen LogP contribution in [0.2, 0.25) is 0 Å². The van der Waals surface area contributed by atoms with Gasteiger partial charge in [0.1, 0.15) is 11.6 Å². The number of aromatic nitrogens is 2. The highest BCUT2D eigenvalue weighted by atomic mass is 19.1. The van der Waals surface area contributed by atoms with Crippen LogP contribution in [0.1, 0.15) is 36.7 Å². The first kappa shape index (κ1) is 24.3. The average Bonchev–Trinajstić information content (AvgIpc) is 3.37. The number of hydrogen-bond donors (Lipinski definition) is 1. The van der Waals surface area contributed by atoms with Crippen LogP contribution in [0.15, 0.2) is 66.4 Å². The van der Waals surface area contributed by atoms with Gasteiger partial charge in [0, 0.05) is 13.1 Å². The summed E-state index contributed by atoms with van der Waals surface area (Å²) in [5, 5.41) is 15.7. The first-order valence-corrected chi connectivity index (χ1v) is 11.7. The minimum atomic E-state index is -0.902. The highest BCUT2D eigenvalue weighted by molar-refractivity contribution is 6.46. The Bertz CT molecular complexity index is 1260. The number of likely N-dealkylation sites (tertiary alicyclic amines) is 1. The van der Waals surface area contributed by atoms with Gasteiger partial charge in [-0.25, -0.2) is 9.07 Å². The number of aliphatic hydroxyl groups is 1. The Morgan fingerprint density at radius 2 is 1.80 bits per heavy atom. The Balaban J connectivity index is 1.82. The van der Waals surface area contributed by atoms with E-state index in [1.54, 1.807) is 17.7 Å². The maximum Gasteiger partial charge on any atom is 0.295 e. The Morgan fingerprint density at radius 3 is 2.46 bits per heavy atom. The zero-order valence-corrected chi connectivity index (χ0v) is 20.1. The van der Waals surface area contributed by atoms with Crippen LogP contribution in [-0.4, -0.2) is 62.6 Å². The number of ketones is 1. The number of amides is 1. The standard InChI is InChI=1S/C27H29FN4O3/c1-4-30(5-2)14-15-31-24(19-10-9-11-20(28)16-19)23(26(34)27(31)35)25(33)22-17-29-32(18(22)3)21-12-7-6-8-13-21/h6-13,16-17,24,33H,4-5,14-15H2,1-3H3. The molecule has 1 aliphatic rings. The summed E-state index contributed by atoms with van der Waals surface area (Å²) in [6.07, 6.45) is 1.48. The van der Waals surface area contributed by atoms with E-state index in [-0.39, 0.29) is 17.9 Å². The quantitative estimate of drug-likeness (QED) is 0.301. The Kier molecular flexibility index (Phi) is 7.12. The van der Waals surface area contributed by atoms with Gasteiger partial charge >= 0.3 is 0 Å². The fraction of sp³-hybridized carbons (Fsp3) is 0.296. The van der Waals surface area contributed by atoms with Gasteiger partial charge in [0.05, 0.1) is 34.8 Å². The van der Waals surface area contributed by atoms with Crippen molar-refractivity contribution in [1.29, 1.82) is 0 Å². The normalized spacial score (nSPS) is 17.5. The second kappa shape index (κ2) is 10.2. The summed E-state index contributed by atoms with van der Waals surface area (Å²) in [4.78, 5) is 29.9. The molecule has 1 N–H and O–H groups in total. The maximum absolute atomic E-state index is 14.2. The highest BCUT2D eigenvalue weighted by Crippen LogP contribution is 2.40. The van der Waals surface area contributed by atoms with Crippen molar-refractivity contribution >= 4 is 17.4 Å². The van der Waals surface area contributed by atoms with E-state index in [1.165, 1.54) is 29.3 Å². The number of likely N-dealkylation sites (N-methyl/N-ethyl adjacent to an activating group) is 1. The lowest BCUT2D eigenvalue weighted by molar-refractivity contribution is -0.140. The van der Waals surface area contributed by atoms with Gasteiger partial charge < -0.3 is 14.9 Å². The molecular formula is C27H29FN4O3. The molecule has 4 rings (SSSR count). The van der Waals surface area contributed by atoms with Crippen molar-refractivity contribution in [3.05, 3.63) is 89.0 Å². The predicted molar refractivity (Wildman–Crippen MR) is 131 cm³/mol. The molecule has 0 bridgehead atoms. The van der Waals surface area contributed by atoms with Crippen molar-refractivity contribution in [3.8, 4) is 5.69 Å². The number of rotatable bonds is 8. The number of halogens is 1. The number of carbonyl (C=O) groups is 2. The Labute approximate surface area is 204 Å². The van der Waals surface area contributed by atoms with Crippen LogP contribution in [-0.2, 0) is 9.59 Å². The molecule has 0 saturated carbocycles. The molecule has 2 heterocycles. The molecule has 1 fully saturated rings. The molecule has 1 atom stereocenters. The summed E-state index contributed by atoms with van der Waals surface area (Å²) < 4.78 is 15.8. The van der Waals surface area contributed by atoms with Crippen LogP contribution in [0, 0.1) is 12.7 Å². The average molecular weight is 477 g/mol. The largest absolute Gasteiger partial charge is 0.507 e. The summed E-state index contributed by atoms with van der Waals surface area (Å²) in [6.45, 7) is 8.24. The van der Waals surface area contributed by atoms with Crippen molar-refractivity contribution in [1.82, 2.24) is 19.6 Å². The van der Waals surface area contributed by atoms with Crippen LogP contribution >= 0.6 is 0 Å². The molecule has 1 aliphatic heterocycles. The van der Waals surface area contributed by atoms with E-state index >= 15 is 0 Å². The second-order valence-electron chi connectivity index (χ2n) is 8.47. The monoisotopic (exact) mass is 476 g/mol. The van der Waals surface area contributed by atoms with Crippen LogP contribution < -0.4 is 0 Å². The predicted octanol–water partition coefficient (Wildman–Crippen LogP) is 4.08. The van der Waals surface area contributed by atoms with Gasteiger partial charge in [-0.05, 0) is 49.8 Å². The third-order valence-corrected chi connectivity index (χ3v) is 6.52. The van der Waals surface area contributed by atoms with Gasteiger partial charge in [-0.2, -0.15) is 5.10 Å². The highest BCUT2D eigenvalue weighted by Gasteiger charge is 2.46. The molecule has 1 saturated heterocycles. The van der Waals surface area contributed by atoms with E-state index in [2.05, 4.69) is 10.00 Å². The number of aliphatic hydroxyl groups excluding tert-OH is 1. The molecule has 35 heavy (non-hydrogen) atoms. The lowest BCUT2D eigenvalue weighted by atomic mass is 9.95. The van der Waals surface area contributed by atoms with Crippen LogP contribution in [0.4, 0.5) is 4.39 Å². The van der Waals surface area contributed by atoms with E-state index in [1.807, 2.05) is 44.2 Å². The van der Waals surface area contributed by atoms with Crippen LogP contribution in [0.5, 0.6) is 0 Å². The zero-order valence-electron chi connectivity index (χ0n) is 20.1. The first-order chi connectivity index (χ1) is 16.9. The molecule has 2 aromatic carbocycles. The Hall–Kier alpha value is -3.78. The molecule has 7 nitrogen and oxygen atoms in total. The zero-order chi connectivity index (χ0) is 25.1. The second-order valence-corrected chi connectivity index (χ2v) is 8.47. The van der Waals surface area contributed by atoms with E-state index in [4.69, 9.17) is 0 Å². The maximum atomic E-state index is 14.2. The molecule has 8 heteroatoms. The fourth-order valence-corrected chi connectivity index (χ4v) is 4.54. The number of benzene rings is 2. The van der Waals surface area contributed by atoms with Gasteiger partial charge in [-0.15, -0.1) is 0 Å². The summed E-state index contributed by atoms with van der Waals surface area (Å²) in [5.74, 6) is -2.29. The van der Waals surface area contributed by atoms with E-state index in [0.29, 0.717) is 23.4 Å². The van der Waals surface area contributed by atoms with Gasteiger partial charge in [0.2, 0.25) is 0 Å². The number of nitrogens with zero attached hydrogens (tertiary/aromatic N) is 4. The number of para-hydroxylation sites is 1. The van der Waals surface area contributed by atoms with Gasteiger partial charge in [-0.3, -0.25) is 9.59 Å². The number of carbonyl (C=O) groups excluding carboxylic acids is 2. The minimum Gasteiger partial charge on any atom is -0.507 e.